The van der Waals surface area contributed by atoms with E-state index in [4.69, 9.17) is 4.74 Å². The van der Waals surface area contributed by atoms with Gasteiger partial charge in [-0.25, -0.2) is 0 Å². The number of hydrogen-bond donors (Lipinski definition) is 1. The van der Waals surface area contributed by atoms with E-state index in [0.717, 1.165) is 5.56 Å². The van der Waals surface area contributed by atoms with Gasteiger partial charge in [-0.2, -0.15) is 0 Å². The maximum absolute atomic E-state index is 12.6. The number of nitrogens with one attached hydrogen (secondary N) is 1. The number of fused-ring (bicyclic) bond motifs is 1. The highest BCUT2D eigenvalue weighted by Crippen LogP contribution is 2.20. The Morgan fingerprint density at radius 1 is 1.08 bits per heavy atom. The number of nitrogens with zero attached hydrogens (tertiary/aromatic N) is 1. The first-order valence-electron chi connectivity index (χ1n) is 7.55. The SMILES string of the molecule is COc1ccc2c(=O)n(C)c(C(=O)Nc3ccc(C)cc3)cc2c1. The van der Waals surface area contributed by atoms with E-state index < -0.39 is 0 Å². The minimum absolute atomic E-state index is 0.218. The summed E-state index contributed by atoms with van der Waals surface area (Å²) in [5.41, 5.74) is 1.87. The lowest BCUT2D eigenvalue weighted by molar-refractivity contribution is 0.101. The van der Waals surface area contributed by atoms with Crippen LogP contribution in [0.25, 0.3) is 10.8 Å². The number of amides is 1. The number of anilines is 1. The predicted octanol–water partition coefficient (Wildman–Crippen LogP) is 3.11. The van der Waals surface area contributed by atoms with Crippen LogP contribution in [-0.4, -0.2) is 17.6 Å². The van der Waals surface area contributed by atoms with Crippen LogP contribution >= 0.6 is 0 Å². The van der Waals surface area contributed by atoms with E-state index in [2.05, 4.69) is 5.32 Å². The topological polar surface area (TPSA) is 60.3 Å². The van der Waals surface area contributed by atoms with Gasteiger partial charge in [-0.05, 0) is 48.7 Å². The van der Waals surface area contributed by atoms with Gasteiger partial charge in [0.1, 0.15) is 11.4 Å². The molecular formula is C19H18N2O3. The normalized spacial score (nSPS) is 10.6. The largest absolute Gasteiger partial charge is 0.497 e. The summed E-state index contributed by atoms with van der Waals surface area (Å²) in [6.45, 7) is 1.98. The number of rotatable bonds is 3. The summed E-state index contributed by atoms with van der Waals surface area (Å²) >= 11 is 0. The molecule has 2 aromatic carbocycles. The first-order valence-corrected chi connectivity index (χ1v) is 7.55. The number of aromatic nitrogens is 1. The number of hydrogen-bond acceptors (Lipinski definition) is 3. The highest BCUT2D eigenvalue weighted by molar-refractivity contribution is 6.05. The molecule has 24 heavy (non-hydrogen) atoms. The smallest absolute Gasteiger partial charge is 0.272 e. The van der Waals surface area contributed by atoms with Crippen molar-refractivity contribution in [3.8, 4) is 5.75 Å². The summed E-state index contributed by atoms with van der Waals surface area (Å²) in [4.78, 5) is 25.1. The maximum atomic E-state index is 12.6. The molecule has 0 aliphatic heterocycles. The molecule has 5 heteroatoms. The van der Waals surface area contributed by atoms with Crippen LogP contribution in [0.3, 0.4) is 0 Å². The van der Waals surface area contributed by atoms with Crippen LogP contribution in [0.2, 0.25) is 0 Å². The molecule has 0 atom stereocenters. The lowest BCUT2D eigenvalue weighted by Crippen LogP contribution is -2.26. The molecular weight excluding hydrogens is 304 g/mol. The van der Waals surface area contributed by atoms with E-state index in [0.29, 0.717) is 27.9 Å². The van der Waals surface area contributed by atoms with Gasteiger partial charge >= 0.3 is 0 Å². The van der Waals surface area contributed by atoms with Crippen LogP contribution in [0.5, 0.6) is 5.75 Å². The molecule has 1 N–H and O–H groups in total. The third-order valence-electron chi connectivity index (χ3n) is 3.99. The number of benzene rings is 2. The van der Waals surface area contributed by atoms with Crippen molar-refractivity contribution in [3.63, 3.8) is 0 Å². The third-order valence-corrected chi connectivity index (χ3v) is 3.99. The van der Waals surface area contributed by atoms with Crippen LogP contribution in [0.4, 0.5) is 5.69 Å². The molecule has 0 radical (unpaired) electrons. The Hall–Kier alpha value is -3.08. The van der Waals surface area contributed by atoms with E-state index in [-0.39, 0.29) is 11.5 Å². The lowest BCUT2D eigenvalue weighted by atomic mass is 10.1. The van der Waals surface area contributed by atoms with Crippen molar-refractivity contribution < 1.29 is 9.53 Å². The second-order valence-electron chi connectivity index (χ2n) is 5.67. The highest BCUT2D eigenvalue weighted by atomic mass is 16.5. The van der Waals surface area contributed by atoms with Crippen LogP contribution in [0.15, 0.2) is 53.3 Å². The van der Waals surface area contributed by atoms with Crippen molar-refractivity contribution in [3.05, 3.63) is 70.1 Å². The second-order valence-corrected chi connectivity index (χ2v) is 5.67. The summed E-state index contributed by atoms with van der Waals surface area (Å²) in [6.07, 6.45) is 0. The third kappa shape index (κ3) is 2.88. The van der Waals surface area contributed by atoms with Crippen molar-refractivity contribution in [2.24, 2.45) is 7.05 Å². The molecule has 1 aromatic heterocycles. The quantitative estimate of drug-likeness (QED) is 0.806. The molecule has 0 spiro atoms. The minimum Gasteiger partial charge on any atom is -0.497 e. The molecule has 1 amide bonds. The van der Waals surface area contributed by atoms with Crippen molar-refractivity contribution in [2.75, 3.05) is 12.4 Å². The van der Waals surface area contributed by atoms with Gasteiger partial charge in [0.25, 0.3) is 11.5 Å². The van der Waals surface area contributed by atoms with Gasteiger partial charge in [-0.1, -0.05) is 17.7 Å². The van der Waals surface area contributed by atoms with E-state index in [9.17, 15) is 9.59 Å². The predicted molar refractivity (Wildman–Crippen MR) is 94.9 cm³/mol. The van der Waals surface area contributed by atoms with Gasteiger partial charge in [-0.3, -0.25) is 9.59 Å². The van der Waals surface area contributed by atoms with Gasteiger partial charge in [-0.15, -0.1) is 0 Å². The van der Waals surface area contributed by atoms with Crippen LogP contribution in [0, 0.1) is 6.92 Å². The molecule has 0 aliphatic rings. The number of aryl methyl sites for hydroxylation is 1. The Kier molecular flexibility index (Phi) is 4.08. The summed E-state index contributed by atoms with van der Waals surface area (Å²) < 4.78 is 6.55. The zero-order chi connectivity index (χ0) is 17.3. The molecule has 0 fully saturated rings. The molecule has 3 aromatic rings. The van der Waals surface area contributed by atoms with Gasteiger partial charge in [0.2, 0.25) is 0 Å². The Balaban J connectivity index is 2.04. The molecule has 0 saturated carbocycles. The number of carbonyl (C=O) groups is 1. The van der Waals surface area contributed by atoms with E-state index >= 15 is 0 Å². The van der Waals surface area contributed by atoms with Gasteiger partial charge < -0.3 is 14.6 Å². The van der Waals surface area contributed by atoms with Crippen LogP contribution in [0.1, 0.15) is 16.1 Å². The van der Waals surface area contributed by atoms with E-state index in [1.54, 1.807) is 38.4 Å². The van der Waals surface area contributed by atoms with Crippen LogP contribution < -0.4 is 15.6 Å². The molecule has 5 nitrogen and oxygen atoms in total. The van der Waals surface area contributed by atoms with E-state index in [1.165, 1.54) is 4.57 Å². The van der Waals surface area contributed by atoms with Crippen molar-refractivity contribution >= 4 is 22.4 Å². The Morgan fingerprint density at radius 2 is 1.79 bits per heavy atom. The Labute approximate surface area is 139 Å². The summed E-state index contributed by atoms with van der Waals surface area (Å²) in [5, 5.41) is 4.04. The Bertz CT molecular complexity index is 972. The molecule has 3 rings (SSSR count). The van der Waals surface area contributed by atoms with Gasteiger partial charge in [0, 0.05) is 18.1 Å². The Morgan fingerprint density at radius 3 is 2.46 bits per heavy atom. The number of ether oxygens (including phenoxy) is 1. The summed E-state index contributed by atoms with van der Waals surface area (Å²) in [7, 11) is 3.16. The second kappa shape index (κ2) is 6.20. The van der Waals surface area contributed by atoms with Gasteiger partial charge in [0.05, 0.1) is 7.11 Å². The fourth-order valence-electron chi connectivity index (χ4n) is 2.57. The number of pyridine rings is 1. The molecule has 1 heterocycles. The lowest BCUT2D eigenvalue weighted by Gasteiger charge is -2.11. The molecule has 0 aliphatic carbocycles. The van der Waals surface area contributed by atoms with Crippen LogP contribution in [-0.2, 0) is 7.05 Å². The molecule has 122 valence electrons. The fourth-order valence-corrected chi connectivity index (χ4v) is 2.57. The first-order chi connectivity index (χ1) is 11.5. The van der Waals surface area contributed by atoms with Gasteiger partial charge in [0.15, 0.2) is 0 Å². The van der Waals surface area contributed by atoms with Crippen molar-refractivity contribution in [1.82, 2.24) is 4.57 Å². The molecule has 0 bridgehead atoms. The van der Waals surface area contributed by atoms with E-state index in [1.807, 2.05) is 31.2 Å². The zero-order valence-electron chi connectivity index (χ0n) is 13.8. The van der Waals surface area contributed by atoms with Crippen molar-refractivity contribution in [1.29, 1.82) is 0 Å². The average Bonchev–Trinajstić information content (AvgIpc) is 2.59. The monoisotopic (exact) mass is 322 g/mol. The average molecular weight is 322 g/mol. The maximum Gasteiger partial charge on any atom is 0.272 e. The fraction of sp³-hybridized carbons (Fsp3) is 0.158. The summed E-state index contributed by atoms with van der Waals surface area (Å²) in [5.74, 6) is 0.309. The van der Waals surface area contributed by atoms with Crippen molar-refractivity contribution in [2.45, 2.75) is 6.92 Å². The number of methoxy groups -OCH3 is 1. The summed E-state index contributed by atoms with van der Waals surface area (Å²) in [6, 6.07) is 14.4. The molecule has 0 unspecified atom stereocenters. The minimum atomic E-state index is -0.330. The standard InChI is InChI=1S/C19H18N2O3/c1-12-4-6-14(7-5-12)20-18(22)17-11-13-10-15(24-3)8-9-16(13)19(23)21(17)2/h4-11H,1-3H3,(H,20,22). The highest BCUT2D eigenvalue weighted by Gasteiger charge is 2.14. The zero-order valence-corrected chi connectivity index (χ0v) is 13.8. The molecule has 0 saturated heterocycles. The number of carbonyl (C=O) groups excluding carboxylic acids is 1. The first kappa shape index (κ1) is 15.8.